The summed E-state index contributed by atoms with van der Waals surface area (Å²) in [4.78, 5) is 30.6. The molecule has 178 valence electrons. The fourth-order valence-electron chi connectivity index (χ4n) is 4.89. The summed E-state index contributed by atoms with van der Waals surface area (Å²) in [7, 11) is 1.67. The van der Waals surface area contributed by atoms with Crippen LogP contribution in [0, 0.1) is 0 Å². The topological polar surface area (TPSA) is 75.0 Å². The van der Waals surface area contributed by atoms with Crippen LogP contribution in [0.1, 0.15) is 16.1 Å². The predicted octanol–water partition coefficient (Wildman–Crippen LogP) is 4.02. The molecule has 0 amide bonds. The SMILES string of the molecule is COc1ccccc1N1CCN(Cc2c(C(=O)O)c3ccccc3c(=O)n2-c2ccccc2)CC1. The highest BCUT2D eigenvalue weighted by Crippen LogP contribution is 2.29. The van der Waals surface area contributed by atoms with Gasteiger partial charge in [-0.1, -0.05) is 48.5 Å². The quantitative estimate of drug-likeness (QED) is 0.460. The van der Waals surface area contributed by atoms with Crippen molar-refractivity contribution in [3.8, 4) is 11.4 Å². The van der Waals surface area contributed by atoms with Gasteiger partial charge in [0.25, 0.3) is 5.56 Å². The molecule has 0 saturated carbocycles. The number of carbonyl (C=O) groups is 1. The van der Waals surface area contributed by atoms with E-state index in [1.54, 1.807) is 35.9 Å². The molecule has 2 heterocycles. The highest BCUT2D eigenvalue weighted by molar-refractivity contribution is 6.04. The van der Waals surface area contributed by atoms with Gasteiger partial charge in [0.1, 0.15) is 5.75 Å². The average molecular weight is 470 g/mol. The van der Waals surface area contributed by atoms with E-state index in [2.05, 4.69) is 9.80 Å². The van der Waals surface area contributed by atoms with Gasteiger partial charge >= 0.3 is 5.97 Å². The van der Waals surface area contributed by atoms with Crippen molar-refractivity contribution in [2.75, 3.05) is 38.2 Å². The van der Waals surface area contributed by atoms with Gasteiger partial charge < -0.3 is 14.7 Å². The summed E-state index contributed by atoms with van der Waals surface area (Å²) in [5.74, 6) is -0.199. The van der Waals surface area contributed by atoms with Crippen molar-refractivity contribution in [2.45, 2.75) is 6.54 Å². The molecule has 4 aromatic rings. The number of pyridine rings is 1. The summed E-state index contributed by atoms with van der Waals surface area (Å²) in [6.07, 6.45) is 0. The Hall–Kier alpha value is -4.10. The Morgan fingerprint density at radius 2 is 1.49 bits per heavy atom. The maximum atomic E-state index is 13.6. The van der Waals surface area contributed by atoms with Crippen LogP contribution in [0.3, 0.4) is 0 Å². The number of aromatic nitrogens is 1. The molecule has 0 radical (unpaired) electrons. The van der Waals surface area contributed by atoms with Gasteiger partial charge in [-0.15, -0.1) is 0 Å². The number of carboxylic acids is 1. The van der Waals surface area contributed by atoms with Crippen LogP contribution >= 0.6 is 0 Å². The summed E-state index contributed by atoms with van der Waals surface area (Å²) in [5.41, 5.74) is 2.18. The Bertz CT molecular complexity index is 1420. The van der Waals surface area contributed by atoms with Crippen LogP contribution < -0.4 is 15.2 Å². The van der Waals surface area contributed by atoms with Gasteiger partial charge in [0.15, 0.2) is 0 Å². The van der Waals surface area contributed by atoms with Crippen LogP contribution in [0.25, 0.3) is 16.5 Å². The zero-order valence-electron chi connectivity index (χ0n) is 19.6. The Balaban J connectivity index is 1.54. The van der Waals surface area contributed by atoms with Crippen molar-refractivity contribution in [2.24, 2.45) is 0 Å². The van der Waals surface area contributed by atoms with E-state index in [9.17, 15) is 14.7 Å². The monoisotopic (exact) mass is 469 g/mol. The normalized spacial score (nSPS) is 14.3. The first-order chi connectivity index (χ1) is 17.1. The molecular weight excluding hydrogens is 442 g/mol. The molecule has 1 saturated heterocycles. The molecule has 1 fully saturated rings. The van der Waals surface area contributed by atoms with E-state index >= 15 is 0 Å². The largest absolute Gasteiger partial charge is 0.495 e. The second-order valence-corrected chi connectivity index (χ2v) is 8.58. The zero-order valence-corrected chi connectivity index (χ0v) is 19.6. The molecule has 3 aromatic carbocycles. The van der Waals surface area contributed by atoms with E-state index in [1.165, 1.54) is 0 Å². The molecule has 0 bridgehead atoms. The molecule has 7 nitrogen and oxygen atoms in total. The van der Waals surface area contributed by atoms with Crippen LogP contribution in [0.15, 0.2) is 83.7 Å². The highest BCUT2D eigenvalue weighted by atomic mass is 16.5. The second kappa shape index (κ2) is 9.64. The smallest absolute Gasteiger partial charge is 0.338 e. The number of carboxylic acid groups (broad SMARTS) is 1. The maximum absolute atomic E-state index is 13.6. The molecule has 0 atom stereocenters. The van der Waals surface area contributed by atoms with Crippen LogP contribution in [0.5, 0.6) is 5.75 Å². The number of benzene rings is 3. The van der Waals surface area contributed by atoms with Gasteiger partial charge in [0.2, 0.25) is 0 Å². The number of fused-ring (bicyclic) bond motifs is 1. The first-order valence-corrected chi connectivity index (χ1v) is 11.6. The van der Waals surface area contributed by atoms with Gasteiger partial charge in [-0.05, 0) is 30.3 Å². The molecule has 35 heavy (non-hydrogen) atoms. The van der Waals surface area contributed by atoms with Crippen molar-refractivity contribution < 1.29 is 14.6 Å². The third kappa shape index (κ3) is 4.26. The fourth-order valence-corrected chi connectivity index (χ4v) is 4.89. The maximum Gasteiger partial charge on any atom is 0.338 e. The minimum absolute atomic E-state index is 0.177. The van der Waals surface area contributed by atoms with E-state index in [4.69, 9.17) is 4.74 Å². The Morgan fingerprint density at radius 1 is 0.857 bits per heavy atom. The van der Waals surface area contributed by atoms with Crippen molar-refractivity contribution in [1.29, 1.82) is 0 Å². The van der Waals surface area contributed by atoms with Crippen molar-refractivity contribution in [3.05, 3.63) is 100 Å². The van der Waals surface area contributed by atoms with Crippen LogP contribution in [0.2, 0.25) is 0 Å². The van der Waals surface area contributed by atoms with Crippen molar-refractivity contribution >= 4 is 22.4 Å². The number of nitrogens with zero attached hydrogens (tertiary/aromatic N) is 3. The number of piperazine rings is 1. The second-order valence-electron chi connectivity index (χ2n) is 8.58. The lowest BCUT2D eigenvalue weighted by Gasteiger charge is -2.37. The van der Waals surface area contributed by atoms with Gasteiger partial charge in [-0.25, -0.2) is 4.79 Å². The number of hydrogen-bond acceptors (Lipinski definition) is 5. The molecule has 1 N–H and O–H groups in total. The molecule has 0 aliphatic carbocycles. The molecule has 0 spiro atoms. The molecule has 5 rings (SSSR count). The van der Waals surface area contributed by atoms with E-state index in [0.717, 1.165) is 37.6 Å². The van der Waals surface area contributed by atoms with Crippen molar-refractivity contribution in [3.63, 3.8) is 0 Å². The number of para-hydroxylation sites is 3. The number of hydrogen-bond donors (Lipinski definition) is 1. The summed E-state index contributed by atoms with van der Waals surface area (Å²) in [5, 5.41) is 11.1. The molecule has 1 aliphatic heterocycles. The Kier molecular flexibility index (Phi) is 6.25. The minimum Gasteiger partial charge on any atom is -0.495 e. The summed E-state index contributed by atoms with van der Waals surface area (Å²) < 4.78 is 7.09. The lowest BCUT2D eigenvalue weighted by atomic mass is 10.0. The third-order valence-electron chi connectivity index (χ3n) is 6.59. The lowest BCUT2D eigenvalue weighted by molar-refractivity contribution is 0.0695. The Labute approximate surface area is 203 Å². The third-order valence-corrected chi connectivity index (χ3v) is 6.59. The minimum atomic E-state index is -1.03. The number of anilines is 1. The van der Waals surface area contributed by atoms with Gasteiger partial charge in [-0.3, -0.25) is 14.3 Å². The van der Waals surface area contributed by atoms with E-state index in [0.29, 0.717) is 28.7 Å². The number of rotatable bonds is 6. The van der Waals surface area contributed by atoms with Crippen LogP contribution in [-0.4, -0.2) is 53.8 Å². The van der Waals surface area contributed by atoms with Crippen LogP contribution in [-0.2, 0) is 6.54 Å². The molecule has 7 heteroatoms. The number of methoxy groups -OCH3 is 1. The van der Waals surface area contributed by atoms with E-state index < -0.39 is 5.97 Å². The fraction of sp³-hybridized carbons (Fsp3) is 0.214. The predicted molar refractivity (Wildman–Crippen MR) is 137 cm³/mol. The molecule has 1 aliphatic rings. The van der Waals surface area contributed by atoms with Gasteiger partial charge in [-0.2, -0.15) is 0 Å². The average Bonchev–Trinajstić information content (AvgIpc) is 2.90. The Morgan fingerprint density at radius 3 is 2.17 bits per heavy atom. The standard InChI is InChI=1S/C28H27N3O4/c1-35-25-14-8-7-13-23(25)30-17-15-29(16-18-30)19-24-26(28(33)34)21-11-5-6-12-22(21)27(32)31(24)20-9-3-2-4-10-20/h2-14H,15-19H2,1H3,(H,33,34). The number of ether oxygens (including phenoxy) is 1. The summed E-state index contributed by atoms with van der Waals surface area (Å²) in [6, 6.07) is 24.2. The summed E-state index contributed by atoms with van der Waals surface area (Å²) in [6.45, 7) is 3.36. The lowest BCUT2D eigenvalue weighted by Crippen LogP contribution is -2.46. The van der Waals surface area contributed by atoms with Crippen LogP contribution in [0.4, 0.5) is 5.69 Å². The summed E-state index contributed by atoms with van der Waals surface area (Å²) >= 11 is 0. The number of aromatic carboxylic acids is 1. The zero-order chi connectivity index (χ0) is 24.4. The molecule has 1 aromatic heterocycles. The van der Waals surface area contributed by atoms with Crippen molar-refractivity contribution in [1.82, 2.24) is 9.47 Å². The van der Waals surface area contributed by atoms with E-state index in [-0.39, 0.29) is 11.1 Å². The van der Waals surface area contributed by atoms with Gasteiger partial charge in [0, 0.05) is 49.2 Å². The first-order valence-electron chi connectivity index (χ1n) is 11.6. The van der Waals surface area contributed by atoms with Gasteiger partial charge in [0.05, 0.1) is 24.1 Å². The first kappa shape index (κ1) is 22.7. The molecular formula is C28H27N3O4. The highest BCUT2D eigenvalue weighted by Gasteiger charge is 2.26. The van der Waals surface area contributed by atoms with E-state index in [1.807, 2.05) is 54.6 Å². The molecule has 0 unspecified atom stereocenters.